The smallest absolute Gasteiger partial charge is 0.496 e. The molecule has 2 aromatic rings. The molecule has 1 amide bonds. The molecule has 1 N–H and O–H groups in total. The number of aliphatic hydroxyl groups is 1. The summed E-state index contributed by atoms with van der Waals surface area (Å²) in [6.45, 7) is -0.0235. The van der Waals surface area contributed by atoms with Crippen LogP contribution in [0.4, 0.5) is 17.6 Å². The Hall–Kier alpha value is -2.81. The number of hydrogen-bond acceptors (Lipinski definition) is 4. The Morgan fingerprint density at radius 3 is 2.46 bits per heavy atom. The fraction of sp³-hybridized carbons (Fsp3) is 0.316. The maximum absolute atomic E-state index is 14.4. The van der Waals surface area contributed by atoms with Crippen molar-refractivity contribution in [3.8, 4) is 11.5 Å². The van der Waals surface area contributed by atoms with Gasteiger partial charge in [0.05, 0.1) is 18.7 Å². The van der Waals surface area contributed by atoms with Crippen LogP contribution in [0.15, 0.2) is 42.5 Å². The number of rotatable bonds is 5. The molecule has 1 saturated heterocycles. The van der Waals surface area contributed by atoms with Crippen LogP contribution in [0, 0.1) is 5.82 Å². The first-order valence-electron chi connectivity index (χ1n) is 8.35. The molecule has 150 valence electrons. The van der Waals surface area contributed by atoms with Crippen LogP contribution in [0.1, 0.15) is 23.6 Å². The fourth-order valence-corrected chi connectivity index (χ4v) is 3.26. The van der Waals surface area contributed by atoms with E-state index in [0.29, 0.717) is 5.56 Å². The maximum atomic E-state index is 14.4. The first-order chi connectivity index (χ1) is 13.2. The Labute approximate surface area is 158 Å². The number of nitrogens with zero attached hydrogens (tertiary/aromatic N) is 1. The SMILES string of the molecule is COc1cccc(F)c1[C@H]1C[C@H](O)C(=O)N1Cc1ccc(OC(F)(F)F)cc1. The number of hydrogen-bond donors (Lipinski definition) is 1. The third kappa shape index (κ3) is 4.19. The molecule has 0 saturated carbocycles. The third-order valence-corrected chi connectivity index (χ3v) is 4.47. The van der Waals surface area contributed by atoms with Crippen molar-refractivity contribution in [1.82, 2.24) is 4.90 Å². The van der Waals surface area contributed by atoms with Crippen molar-refractivity contribution in [3.63, 3.8) is 0 Å². The van der Waals surface area contributed by atoms with Gasteiger partial charge in [0.2, 0.25) is 0 Å². The number of methoxy groups -OCH3 is 1. The Balaban J connectivity index is 1.86. The van der Waals surface area contributed by atoms with Crippen LogP contribution in [0.25, 0.3) is 0 Å². The van der Waals surface area contributed by atoms with E-state index in [1.807, 2.05) is 0 Å². The quantitative estimate of drug-likeness (QED) is 0.781. The summed E-state index contributed by atoms with van der Waals surface area (Å²) in [7, 11) is 1.37. The van der Waals surface area contributed by atoms with Crippen LogP contribution in [0.3, 0.4) is 0 Å². The van der Waals surface area contributed by atoms with Crippen LogP contribution in [0.5, 0.6) is 11.5 Å². The summed E-state index contributed by atoms with van der Waals surface area (Å²) in [4.78, 5) is 13.7. The highest BCUT2D eigenvalue weighted by molar-refractivity contribution is 5.83. The largest absolute Gasteiger partial charge is 0.573 e. The number of carbonyl (C=O) groups is 1. The van der Waals surface area contributed by atoms with Crippen LogP contribution < -0.4 is 9.47 Å². The van der Waals surface area contributed by atoms with E-state index in [-0.39, 0.29) is 24.3 Å². The summed E-state index contributed by atoms with van der Waals surface area (Å²) in [5, 5.41) is 10.0. The van der Waals surface area contributed by atoms with Gasteiger partial charge in [0.15, 0.2) is 0 Å². The summed E-state index contributed by atoms with van der Waals surface area (Å²) < 4.78 is 60.2. The van der Waals surface area contributed by atoms with Crippen LogP contribution in [-0.4, -0.2) is 35.5 Å². The molecule has 28 heavy (non-hydrogen) atoms. The van der Waals surface area contributed by atoms with E-state index in [2.05, 4.69) is 4.74 Å². The number of carbonyl (C=O) groups excluding carboxylic acids is 1. The van der Waals surface area contributed by atoms with Crippen LogP contribution >= 0.6 is 0 Å². The Morgan fingerprint density at radius 2 is 1.86 bits per heavy atom. The molecule has 2 atom stereocenters. The van der Waals surface area contributed by atoms with Gasteiger partial charge in [0.1, 0.15) is 23.4 Å². The molecule has 5 nitrogen and oxygen atoms in total. The molecule has 1 heterocycles. The minimum Gasteiger partial charge on any atom is -0.496 e. The first-order valence-corrected chi connectivity index (χ1v) is 8.35. The van der Waals surface area contributed by atoms with Crippen molar-refractivity contribution in [2.45, 2.75) is 31.5 Å². The summed E-state index contributed by atoms with van der Waals surface area (Å²) >= 11 is 0. The monoisotopic (exact) mass is 399 g/mol. The molecule has 9 heteroatoms. The van der Waals surface area contributed by atoms with Crippen LogP contribution in [0.2, 0.25) is 0 Å². The molecule has 2 aromatic carbocycles. The molecule has 0 radical (unpaired) electrons. The standard InChI is InChI=1S/C19H17F4NO4/c1-27-16-4-2-3-13(20)17(16)14-9-15(25)18(26)24(14)10-11-5-7-12(8-6-11)28-19(21,22)23/h2-8,14-15,25H,9-10H2,1H3/t14-,15+/m1/s1. The van der Waals surface area contributed by atoms with E-state index in [4.69, 9.17) is 4.74 Å². The molecular formula is C19H17F4NO4. The van der Waals surface area contributed by atoms with Gasteiger partial charge < -0.3 is 19.5 Å². The number of halogens is 4. The minimum atomic E-state index is -4.80. The van der Waals surface area contributed by atoms with Crippen molar-refractivity contribution in [3.05, 3.63) is 59.4 Å². The van der Waals surface area contributed by atoms with Gasteiger partial charge in [-0.15, -0.1) is 13.2 Å². The molecule has 1 fully saturated rings. The molecule has 1 aliphatic heterocycles. The lowest BCUT2D eigenvalue weighted by Crippen LogP contribution is -2.31. The second-order valence-corrected chi connectivity index (χ2v) is 6.28. The van der Waals surface area contributed by atoms with Gasteiger partial charge in [-0.3, -0.25) is 4.79 Å². The van der Waals surface area contributed by atoms with E-state index in [9.17, 15) is 27.5 Å². The molecule has 0 spiro atoms. The number of aliphatic hydroxyl groups excluding tert-OH is 1. The molecule has 0 aromatic heterocycles. The highest BCUT2D eigenvalue weighted by Crippen LogP contribution is 2.40. The van der Waals surface area contributed by atoms with Gasteiger partial charge in [0.25, 0.3) is 5.91 Å². The van der Waals surface area contributed by atoms with Crippen molar-refractivity contribution in [2.24, 2.45) is 0 Å². The minimum absolute atomic E-state index is 0.0224. The number of alkyl halides is 3. The van der Waals surface area contributed by atoms with E-state index < -0.39 is 36.0 Å². The Morgan fingerprint density at radius 1 is 1.18 bits per heavy atom. The normalized spacial score (nSPS) is 19.8. The highest BCUT2D eigenvalue weighted by Gasteiger charge is 2.41. The van der Waals surface area contributed by atoms with E-state index in [0.717, 1.165) is 12.1 Å². The van der Waals surface area contributed by atoms with Gasteiger partial charge in [-0.2, -0.15) is 0 Å². The predicted octanol–water partition coefficient (Wildman–Crippen LogP) is 3.57. The van der Waals surface area contributed by atoms with Gasteiger partial charge in [0, 0.05) is 13.0 Å². The van der Waals surface area contributed by atoms with Crippen molar-refractivity contribution < 1.29 is 36.9 Å². The average molecular weight is 399 g/mol. The summed E-state index contributed by atoms with van der Waals surface area (Å²) in [5.74, 6) is -1.32. The number of likely N-dealkylation sites (tertiary alicyclic amines) is 1. The number of ether oxygens (including phenoxy) is 2. The zero-order valence-electron chi connectivity index (χ0n) is 14.7. The van der Waals surface area contributed by atoms with Crippen molar-refractivity contribution >= 4 is 5.91 Å². The zero-order chi connectivity index (χ0) is 20.5. The fourth-order valence-electron chi connectivity index (χ4n) is 3.26. The van der Waals surface area contributed by atoms with Gasteiger partial charge in [-0.25, -0.2) is 4.39 Å². The van der Waals surface area contributed by atoms with Crippen molar-refractivity contribution in [2.75, 3.05) is 7.11 Å². The number of amides is 1. The second-order valence-electron chi connectivity index (χ2n) is 6.28. The first kappa shape index (κ1) is 19.9. The molecule has 0 unspecified atom stereocenters. The Kier molecular flexibility index (Phi) is 5.46. The molecular weight excluding hydrogens is 382 g/mol. The maximum Gasteiger partial charge on any atom is 0.573 e. The molecule has 1 aliphatic rings. The summed E-state index contributed by atoms with van der Waals surface area (Å²) in [6.07, 6.45) is -6.13. The molecule has 3 rings (SSSR count). The Bertz CT molecular complexity index is 854. The van der Waals surface area contributed by atoms with Crippen molar-refractivity contribution in [1.29, 1.82) is 0 Å². The van der Waals surface area contributed by atoms with Gasteiger partial charge >= 0.3 is 6.36 Å². The third-order valence-electron chi connectivity index (χ3n) is 4.47. The molecule has 0 bridgehead atoms. The second kappa shape index (κ2) is 7.67. The van der Waals surface area contributed by atoms with Gasteiger partial charge in [-0.1, -0.05) is 18.2 Å². The lowest BCUT2D eigenvalue weighted by Gasteiger charge is -2.26. The van der Waals surface area contributed by atoms with E-state index in [1.165, 1.54) is 36.3 Å². The zero-order valence-corrected chi connectivity index (χ0v) is 14.7. The van der Waals surface area contributed by atoms with Crippen LogP contribution in [-0.2, 0) is 11.3 Å². The average Bonchev–Trinajstić information content (AvgIpc) is 2.90. The highest BCUT2D eigenvalue weighted by atomic mass is 19.4. The van der Waals surface area contributed by atoms with E-state index in [1.54, 1.807) is 6.07 Å². The summed E-state index contributed by atoms with van der Waals surface area (Å²) in [5.41, 5.74) is 0.643. The van der Waals surface area contributed by atoms with Gasteiger partial charge in [-0.05, 0) is 29.8 Å². The van der Waals surface area contributed by atoms with E-state index >= 15 is 0 Å². The summed E-state index contributed by atoms with van der Waals surface area (Å²) in [6, 6.07) is 8.46. The predicted molar refractivity (Wildman–Crippen MR) is 90.0 cm³/mol. The molecule has 0 aliphatic carbocycles. The lowest BCUT2D eigenvalue weighted by molar-refractivity contribution is -0.274. The topological polar surface area (TPSA) is 59.0 Å². The lowest BCUT2D eigenvalue weighted by atomic mass is 10.0. The number of benzene rings is 2.